The number of piperidine rings is 2. The minimum absolute atomic E-state index is 0.0493. The number of nitrogens with one attached hydrogen (secondary N) is 1. The summed E-state index contributed by atoms with van der Waals surface area (Å²) in [6.07, 6.45) is 9.91. The van der Waals surface area contributed by atoms with Crippen LogP contribution < -0.4 is 5.32 Å². The third-order valence-corrected chi connectivity index (χ3v) is 4.80. The maximum absolute atomic E-state index is 12.2. The Labute approximate surface area is 115 Å². The number of fused-ring (bicyclic) bond motifs is 2. The van der Waals surface area contributed by atoms with Gasteiger partial charge in [-0.15, -0.1) is 0 Å². The van der Waals surface area contributed by atoms with Crippen molar-refractivity contribution in [3.8, 4) is 0 Å². The third kappa shape index (κ3) is 2.56. The van der Waals surface area contributed by atoms with Gasteiger partial charge in [-0.2, -0.15) is 0 Å². The minimum atomic E-state index is 0.0493. The van der Waals surface area contributed by atoms with Crippen molar-refractivity contribution < 1.29 is 4.79 Å². The lowest BCUT2D eigenvalue weighted by Crippen LogP contribution is -2.56. The van der Waals surface area contributed by atoms with Crippen LogP contribution in [-0.2, 0) is 0 Å². The second-order valence-corrected chi connectivity index (χ2v) is 6.19. The first-order valence-electron chi connectivity index (χ1n) is 7.31. The van der Waals surface area contributed by atoms with Crippen LogP contribution >= 0.6 is 0 Å². The van der Waals surface area contributed by atoms with Gasteiger partial charge in [0, 0.05) is 37.6 Å². The average Bonchev–Trinajstić information content (AvgIpc) is 2.77. The Morgan fingerprint density at radius 3 is 2.42 bits per heavy atom. The van der Waals surface area contributed by atoms with E-state index in [4.69, 9.17) is 0 Å². The lowest BCUT2D eigenvalue weighted by molar-refractivity contribution is 0.0498. The van der Waals surface area contributed by atoms with Crippen LogP contribution in [0.25, 0.3) is 0 Å². The maximum atomic E-state index is 12.2. The van der Waals surface area contributed by atoms with Crippen LogP contribution in [0.1, 0.15) is 32.1 Å². The molecular weight excluding hydrogens is 240 g/mol. The van der Waals surface area contributed by atoms with E-state index in [1.54, 1.807) is 4.90 Å². The molecule has 5 heteroatoms. The Morgan fingerprint density at radius 1 is 1.16 bits per heavy atom. The van der Waals surface area contributed by atoms with E-state index in [1.165, 1.54) is 19.3 Å². The number of amides is 2. The Balaban J connectivity index is 1.56. The molecule has 3 aliphatic rings. The molecule has 0 unspecified atom stereocenters. The normalized spacial score (nSPS) is 34.7. The SMILES string of the molecule is CN1C=CN(C(=O)N[C@H]2C[C@H]3CCC[C@@H](C2)N3C)C1. The molecule has 0 aromatic carbocycles. The van der Waals surface area contributed by atoms with Crippen molar-refractivity contribution in [2.75, 3.05) is 20.8 Å². The van der Waals surface area contributed by atoms with Crippen LogP contribution in [0, 0.1) is 0 Å². The summed E-state index contributed by atoms with van der Waals surface area (Å²) in [6.45, 7) is 0.658. The van der Waals surface area contributed by atoms with Crippen molar-refractivity contribution >= 4 is 6.03 Å². The molecule has 0 saturated carbocycles. The summed E-state index contributed by atoms with van der Waals surface area (Å²) in [5, 5.41) is 3.21. The number of carbonyl (C=O) groups is 1. The van der Waals surface area contributed by atoms with Crippen molar-refractivity contribution in [1.82, 2.24) is 20.0 Å². The second-order valence-electron chi connectivity index (χ2n) is 6.19. The molecule has 19 heavy (non-hydrogen) atoms. The quantitative estimate of drug-likeness (QED) is 0.778. The highest BCUT2D eigenvalue weighted by Gasteiger charge is 2.36. The number of nitrogens with zero attached hydrogens (tertiary/aromatic N) is 3. The molecule has 0 aromatic rings. The number of hydrogen-bond donors (Lipinski definition) is 1. The molecule has 3 atom stereocenters. The first kappa shape index (κ1) is 12.8. The van der Waals surface area contributed by atoms with Gasteiger partial charge in [-0.25, -0.2) is 4.79 Å². The molecule has 0 aromatic heterocycles. The van der Waals surface area contributed by atoms with Gasteiger partial charge in [-0.3, -0.25) is 4.90 Å². The predicted molar refractivity (Wildman–Crippen MR) is 74.4 cm³/mol. The summed E-state index contributed by atoms with van der Waals surface area (Å²) in [5.74, 6) is 0. The standard InChI is InChI=1S/C14H24N4O/c1-16-6-7-18(10-16)14(19)15-11-8-12-4-3-5-13(9-11)17(12)2/h6-7,11-13H,3-5,8-10H2,1-2H3,(H,15,19)/t11-,12+,13-. The summed E-state index contributed by atoms with van der Waals surface area (Å²) in [6, 6.07) is 1.72. The van der Waals surface area contributed by atoms with Crippen molar-refractivity contribution in [3.63, 3.8) is 0 Å². The third-order valence-electron chi connectivity index (χ3n) is 4.80. The fraction of sp³-hybridized carbons (Fsp3) is 0.786. The summed E-state index contributed by atoms with van der Waals surface area (Å²) < 4.78 is 0. The molecule has 5 nitrogen and oxygen atoms in total. The fourth-order valence-electron chi connectivity index (χ4n) is 3.65. The molecule has 1 N–H and O–H groups in total. The smallest absolute Gasteiger partial charge is 0.323 e. The van der Waals surface area contributed by atoms with Gasteiger partial charge in [-0.05, 0) is 32.7 Å². The molecule has 3 rings (SSSR count). The van der Waals surface area contributed by atoms with Gasteiger partial charge in [-0.1, -0.05) is 6.42 Å². The Morgan fingerprint density at radius 2 is 1.84 bits per heavy atom. The molecular formula is C14H24N4O. The molecule has 2 amide bonds. The topological polar surface area (TPSA) is 38.8 Å². The zero-order valence-corrected chi connectivity index (χ0v) is 11.9. The molecule has 0 radical (unpaired) electrons. The highest BCUT2D eigenvalue weighted by molar-refractivity contribution is 5.75. The Bertz CT molecular complexity index is 370. The second kappa shape index (κ2) is 5.04. The summed E-state index contributed by atoms with van der Waals surface area (Å²) in [7, 11) is 4.22. The van der Waals surface area contributed by atoms with Gasteiger partial charge < -0.3 is 15.1 Å². The maximum Gasteiger partial charge on any atom is 0.323 e. The predicted octanol–water partition coefficient (Wildman–Crippen LogP) is 1.39. The number of hydrogen-bond acceptors (Lipinski definition) is 3. The van der Waals surface area contributed by atoms with E-state index in [9.17, 15) is 4.79 Å². The average molecular weight is 264 g/mol. The van der Waals surface area contributed by atoms with Gasteiger partial charge >= 0.3 is 6.03 Å². The van der Waals surface area contributed by atoms with Crippen molar-refractivity contribution in [1.29, 1.82) is 0 Å². The van der Waals surface area contributed by atoms with Crippen molar-refractivity contribution in [2.45, 2.75) is 50.2 Å². The van der Waals surface area contributed by atoms with Crippen LogP contribution in [-0.4, -0.2) is 59.6 Å². The molecule has 106 valence electrons. The molecule has 2 fully saturated rings. The van der Waals surface area contributed by atoms with E-state index < -0.39 is 0 Å². The lowest BCUT2D eigenvalue weighted by Gasteiger charge is -2.47. The van der Waals surface area contributed by atoms with Crippen LogP contribution in [0.5, 0.6) is 0 Å². The Hall–Kier alpha value is -1.23. The largest absolute Gasteiger partial charge is 0.361 e. The van der Waals surface area contributed by atoms with E-state index in [-0.39, 0.29) is 6.03 Å². The molecule has 0 spiro atoms. The molecule has 2 saturated heterocycles. The van der Waals surface area contributed by atoms with E-state index in [0.717, 1.165) is 12.8 Å². The van der Waals surface area contributed by atoms with Gasteiger partial charge in [0.15, 0.2) is 0 Å². The number of rotatable bonds is 1. The molecule has 3 heterocycles. The fourth-order valence-corrected chi connectivity index (χ4v) is 3.65. The van der Waals surface area contributed by atoms with Crippen molar-refractivity contribution in [2.24, 2.45) is 0 Å². The summed E-state index contributed by atoms with van der Waals surface area (Å²) >= 11 is 0. The highest BCUT2D eigenvalue weighted by Crippen LogP contribution is 2.32. The monoisotopic (exact) mass is 264 g/mol. The molecule has 2 bridgehead atoms. The van der Waals surface area contributed by atoms with E-state index >= 15 is 0 Å². The molecule has 3 aliphatic heterocycles. The summed E-state index contributed by atoms with van der Waals surface area (Å²) in [4.78, 5) is 18.5. The van der Waals surface area contributed by atoms with Crippen LogP contribution in [0.2, 0.25) is 0 Å². The zero-order chi connectivity index (χ0) is 13.4. The minimum Gasteiger partial charge on any atom is -0.361 e. The molecule has 0 aliphatic carbocycles. The van der Waals surface area contributed by atoms with Crippen LogP contribution in [0.4, 0.5) is 4.79 Å². The van der Waals surface area contributed by atoms with Crippen LogP contribution in [0.3, 0.4) is 0 Å². The van der Waals surface area contributed by atoms with E-state index in [1.807, 2.05) is 24.3 Å². The van der Waals surface area contributed by atoms with Gasteiger partial charge in [0.25, 0.3) is 0 Å². The number of carbonyl (C=O) groups excluding carboxylic acids is 1. The Kier molecular flexibility index (Phi) is 3.39. The number of urea groups is 1. The van der Waals surface area contributed by atoms with Gasteiger partial charge in [0.05, 0.1) is 6.67 Å². The highest BCUT2D eigenvalue weighted by atomic mass is 16.2. The van der Waals surface area contributed by atoms with E-state index in [0.29, 0.717) is 24.8 Å². The van der Waals surface area contributed by atoms with E-state index in [2.05, 4.69) is 17.3 Å². The van der Waals surface area contributed by atoms with Crippen molar-refractivity contribution in [3.05, 3.63) is 12.4 Å². The summed E-state index contributed by atoms with van der Waals surface area (Å²) in [5.41, 5.74) is 0. The lowest BCUT2D eigenvalue weighted by atomic mass is 9.82. The van der Waals surface area contributed by atoms with Crippen LogP contribution in [0.15, 0.2) is 12.4 Å². The zero-order valence-electron chi connectivity index (χ0n) is 11.9. The first-order chi connectivity index (χ1) is 9.13. The van der Waals surface area contributed by atoms with Gasteiger partial charge in [0.1, 0.15) is 0 Å². The first-order valence-corrected chi connectivity index (χ1v) is 7.31. The van der Waals surface area contributed by atoms with Gasteiger partial charge in [0.2, 0.25) is 0 Å².